The summed E-state index contributed by atoms with van der Waals surface area (Å²) in [5.74, 6) is -3.73. The molecule has 21 nitrogen and oxygen atoms in total. The standard InChI is InChI=1S/C25H21N3O4S.2C22H15N3O4S/c1-25(2,3)17-10-12-19(13-11-17)33(31,32)27-21-9-5-8-20-22(21)24(30)28(23(20)29)18-7-4-6-16(14-18)15-26;2*1-14-8-10-17(11-9-14)30(28,29)24-19-7-3-6-18-20(19)22(27)25(21(18)26)16-5-2-4-15(12-16)13-23/h4-14,27H,1-3H3;2*2-12,24H,1H3. The predicted molar refractivity (Wildman–Crippen MR) is 346 cm³/mol. The van der Waals surface area contributed by atoms with Gasteiger partial charge in [-0.2, -0.15) is 15.8 Å². The van der Waals surface area contributed by atoms with Gasteiger partial charge in [-0.05, 0) is 152 Å². The molecule has 0 atom stereocenters. The van der Waals surface area contributed by atoms with Gasteiger partial charge in [-0.1, -0.05) is 105 Å². The topological polar surface area (TPSA) is 322 Å². The van der Waals surface area contributed by atoms with Crippen molar-refractivity contribution in [1.29, 1.82) is 15.8 Å². The van der Waals surface area contributed by atoms with Crippen molar-refractivity contribution < 1.29 is 54.0 Å². The Morgan fingerprint density at radius 2 is 0.602 bits per heavy atom. The fourth-order valence-corrected chi connectivity index (χ4v) is 13.4. The number of nitrogens with zero attached hydrogens (tertiary/aromatic N) is 6. The summed E-state index contributed by atoms with van der Waals surface area (Å²) in [6.45, 7) is 9.77. The second-order valence-corrected chi connectivity index (χ2v) is 27.3. The summed E-state index contributed by atoms with van der Waals surface area (Å²) in [7, 11) is -11.9. The lowest BCUT2D eigenvalue weighted by Gasteiger charge is -2.19. The lowest BCUT2D eigenvalue weighted by molar-refractivity contribution is 0.0910. The summed E-state index contributed by atoms with van der Waals surface area (Å²) in [5.41, 5.74) is 4.53. The molecule has 3 heterocycles. The number of amides is 6. The predicted octanol–water partition coefficient (Wildman–Crippen LogP) is 11.4. The van der Waals surface area contributed by atoms with Crippen LogP contribution in [0.5, 0.6) is 0 Å². The van der Waals surface area contributed by atoms with Gasteiger partial charge < -0.3 is 0 Å². The average molecular weight is 1290 g/mol. The monoisotopic (exact) mass is 1290 g/mol. The second-order valence-electron chi connectivity index (χ2n) is 22.2. The Balaban J connectivity index is 0.000000153. The van der Waals surface area contributed by atoms with E-state index >= 15 is 0 Å². The van der Waals surface area contributed by atoms with Crippen molar-refractivity contribution >= 4 is 99.6 Å². The van der Waals surface area contributed by atoms with E-state index in [2.05, 4.69) is 14.2 Å². The third kappa shape index (κ3) is 12.8. The van der Waals surface area contributed by atoms with E-state index in [1.54, 1.807) is 91.0 Å². The van der Waals surface area contributed by atoms with Gasteiger partial charge in [-0.15, -0.1) is 0 Å². The molecule has 6 amide bonds. The Bertz CT molecular complexity index is 4920. The highest BCUT2D eigenvalue weighted by Crippen LogP contribution is 2.38. The van der Waals surface area contributed by atoms with Crippen LogP contribution < -0.4 is 28.9 Å². The van der Waals surface area contributed by atoms with Crippen LogP contribution in [0, 0.1) is 47.8 Å². The Morgan fingerprint density at radius 3 is 0.860 bits per heavy atom. The largest absolute Gasteiger partial charge is 0.279 e. The number of hydrogen-bond donors (Lipinski definition) is 3. The van der Waals surface area contributed by atoms with Gasteiger partial charge in [0, 0.05) is 0 Å². The summed E-state index contributed by atoms with van der Waals surface area (Å²) in [6, 6.07) is 56.5. The van der Waals surface area contributed by atoms with Gasteiger partial charge in [0.05, 0.1) is 117 Å². The van der Waals surface area contributed by atoms with Crippen LogP contribution in [0.25, 0.3) is 0 Å². The molecule has 3 N–H and O–H groups in total. The van der Waals surface area contributed by atoms with Crippen molar-refractivity contribution in [3.05, 3.63) is 267 Å². The molecule has 0 fully saturated rings. The molecule has 0 unspecified atom stereocenters. The van der Waals surface area contributed by atoms with Crippen molar-refractivity contribution in [2.75, 3.05) is 28.9 Å². The molecule has 12 rings (SSSR count). The van der Waals surface area contributed by atoms with E-state index in [1.807, 2.05) is 52.8 Å². The maximum atomic E-state index is 13.2. The van der Waals surface area contributed by atoms with E-state index < -0.39 is 65.5 Å². The van der Waals surface area contributed by atoms with E-state index in [9.17, 15) is 54.0 Å². The zero-order valence-corrected chi connectivity index (χ0v) is 52.3. The molecule has 462 valence electrons. The number of imide groups is 3. The minimum atomic E-state index is -4.01. The van der Waals surface area contributed by atoms with Crippen LogP contribution in [0.2, 0.25) is 0 Å². The minimum Gasteiger partial charge on any atom is -0.279 e. The first-order chi connectivity index (χ1) is 44.2. The van der Waals surface area contributed by atoms with Gasteiger partial charge in [0.2, 0.25) is 0 Å². The summed E-state index contributed by atoms with van der Waals surface area (Å²) < 4.78 is 84.5. The number of sulfonamides is 3. The minimum absolute atomic E-state index is 0.0182. The molecule has 0 saturated carbocycles. The highest BCUT2D eigenvalue weighted by molar-refractivity contribution is 7.93. The first-order valence-corrected chi connectivity index (χ1v) is 32.5. The molecule has 9 aromatic carbocycles. The number of anilines is 6. The van der Waals surface area contributed by atoms with Gasteiger partial charge >= 0.3 is 0 Å². The first kappa shape index (κ1) is 64.1. The highest BCUT2D eigenvalue weighted by atomic mass is 32.2. The highest BCUT2D eigenvalue weighted by Gasteiger charge is 2.42. The van der Waals surface area contributed by atoms with Crippen molar-refractivity contribution in [2.45, 2.75) is 54.7 Å². The van der Waals surface area contributed by atoms with Crippen molar-refractivity contribution in [3.8, 4) is 18.2 Å². The van der Waals surface area contributed by atoms with Crippen molar-refractivity contribution in [3.63, 3.8) is 0 Å². The Kier molecular flexibility index (Phi) is 17.4. The number of nitriles is 3. The third-order valence-corrected chi connectivity index (χ3v) is 19.0. The van der Waals surface area contributed by atoms with Crippen LogP contribution in [-0.4, -0.2) is 60.7 Å². The van der Waals surface area contributed by atoms with E-state index in [0.29, 0.717) is 16.7 Å². The van der Waals surface area contributed by atoms with Gasteiger partial charge in [0.15, 0.2) is 0 Å². The van der Waals surface area contributed by atoms with Gasteiger partial charge in [-0.3, -0.25) is 42.9 Å². The fraction of sp³-hybridized carbons (Fsp3) is 0.0870. The number of carbonyl (C=O) groups excluding carboxylic acids is 6. The number of aryl methyl sites for hydroxylation is 2. The van der Waals surface area contributed by atoms with Crippen LogP contribution in [0.4, 0.5) is 34.1 Å². The number of rotatable bonds is 12. The van der Waals surface area contributed by atoms with Crippen molar-refractivity contribution in [1.82, 2.24) is 0 Å². The Hall–Kier alpha value is -11.9. The maximum Gasteiger partial charge on any atom is 0.268 e. The molecule has 24 heteroatoms. The summed E-state index contributed by atoms with van der Waals surface area (Å²) in [6.07, 6.45) is 0. The molecular weight excluding hydrogens is 1240 g/mol. The number of benzene rings is 9. The lowest BCUT2D eigenvalue weighted by atomic mass is 9.87. The molecule has 0 aromatic heterocycles. The van der Waals surface area contributed by atoms with E-state index in [-0.39, 0.29) is 87.6 Å². The second kappa shape index (κ2) is 25.2. The Morgan fingerprint density at radius 1 is 0.344 bits per heavy atom. The average Bonchev–Trinajstić information content (AvgIpc) is 1.62. The molecule has 0 bridgehead atoms. The van der Waals surface area contributed by atoms with Crippen LogP contribution in [0.3, 0.4) is 0 Å². The molecule has 93 heavy (non-hydrogen) atoms. The third-order valence-electron chi connectivity index (χ3n) is 14.9. The zero-order valence-electron chi connectivity index (χ0n) is 49.9. The van der Waals surface area contributed by atoms with E-state index in [1.165, 1.54) is 109 Å². The molecule has 0 aliphatic carbocycles. The summed E-state index contributed by atoms with van der Waals surface area (Å²) >= 11 is 0. The number of hydrogen-bond acceptors (Lipinski definition) is 15. The molecule has 0 spiro atoms. The summed E-state index contributed by atoms with van der Waals surface area (Å²) in [4.78, 5) is 81.0. The van der Waals surface area contributed by atoms with Crippen LogP contribution in [-0.2, 0) is 35.5 Å². The van der Waals surface area contributed by atoms with Crippen molar-refractivity contribution in [2.24, 2.45) is 0 Å². The van der Waals surface area contributed by atoms with Crippen LogP contribution >= 0.6 is 0 Å². The van der Waals surface area contributed by atoms with Gasteiger partial charge in [0.1, 0.15) is 0 Å². The molecule has 0 saturated heterocycles. The van der Waals surface area contributed by atoms with E-state index in [4.69, 9.17) is 15.8 Å². The summed E-state index contributed by atoms with van der Waals surface area (Å²) in [5, 5.41) is 27.3. The number of fused-ring (bicyclic) bond motifs is 3. The number of nitrogens with one attached hydrogen (secondary N) is 3. The maximum absolute atomic E-state index is 13.2. The first-order valence-electron chi connectivity index (χ1n) is 28.0. The quantitative estimate of drug-likeness (QED) is 0.0957. The molecule has 9 aromatic rings. The SMILES string of the molecule is CC(C)(C)c1ccc(S(=O)(=O)Nc2cccc3c2C(=O)N(c2cccc(C#N)c2)C3=O)cc1.Cc1ccc(S(=O)(=O)Nc2cccc3c2C(=O)N(c2cccc(C#N)c2)C3=O)cc1.Cc1ccc(S(=O)(=O)Nc2cccc3c2C(=O)N(c2cccc(C#N)c2)C3=O)cc1. The molecule has 3 aliphatic heterocycles. The normalized spacial score (nSPS) is 13.3. The zero-order chi connectivity index (χ0) is 66.9. The van der Waals surface area contributed by atoms with Crippen LogP contribution in [0.15, 0.2) is 215 Å². The molecule has 3 aliphatic rings. The Labute approximate surface area is 535 Å². The lowest BCUT2D eigenvalue weighted by Crippen LogP contribution is -2.29. The fourth-order valence-electron chi connectivity index (χ4n) is 10.1. The van der Waals surface area contributed by atoms with E-state index in [0.717, 1.165) is 31.4 Å². The molecule has 0 radical (unpaired) electrons. The number of carbonyl (C=O) groups is 6. The van der Waals surface area contributed by atoms with Gasteiger partial charge in [-0.25, -0.2) is 40.0 Å². The van der Waals surface area contributed by atoms with Crippen LogP contribution in [0.1, 0.15) is 116 Å². The molecular formula is C69H51N9O12S3. The smallest absolute Gasteiger partial charge is 0.268 e. The van der Waals surface area contributed by atoms with Gasteiger partial charge in [0.25, 0.3) is 65.5 Å².